The molecule has 1 aliphatic heterocycles. The number of methoxy groups -OCH3 is 1. The number of aromatic nitrogens is 4. The van der Waals surface area contributed by atoms with E-state index in [1.54, 1.807) is 13.2 Å². The maximum Gasteiger partial charge on any atom is 0.267 e. The zero-order chi connectivity index (χ0) is 24.2. The van der Waals surface area contributed by atoms with Crippen molar-refractivity contribution in [2.75, 3.05) is 31.6 Å². The number of anilines is 1. The molecule has 1 unspecified atom stereocenters. The largest absolute Gasteiger partial charge is 0.496 e. The Morgan fingerprint density at radius 3 is 2.86 bits per heavy atom. The van der Waals surface area contributed by atoms with Crippen molar-refractivity contribution in [2.45, 2.75) is 38.6 Å². The number of hydrogen-bond acceptors (Lipinski definition) is 7. The predicted octanol–water partition coefficient (Wildman–Crippen LogP) is 2.23. The average molecular weight is 475 g/mol. The van der Waals surface area contributed by atoms with E-state index < -0.39 is 0 Å². The summed E-state index contributed by atoms with van der Waals surface area (Å²) in [6.45, 7) is 2.19. The van der Waals surface area contributed by atoms with Crippen molar-refractivity contribution in [3.63, 3.8) is 0 Å². The summed E-state index contributed by atoms with van der Waals surface area (Å²) in [5.41, 5.74) is 3.61. The molecule has 9 nitrogen and oxygen atoms in total. The van der Waals surface area contributed by atoms with E-state index in [0.29, 0.717) is 19.6 Å². The van der Waals surface area contributed by atoms with Gasteiger partial charge in [-0.3, -0.25) is 9.59 Å². The van der Waals surface area contributed by atoms with Crippen LogP contribution in [-0.4, -0.2) is 52.6 Å². The van der Waals surface area contributed by atoms with Crippen molar-refractivity contribution in [3.05, 3.63) is 64.1 Å². The van der Waals surface area contributed by atoms with Crippen LogP contribution in [0, 0.1) is 5.92 Å². The number of para-hydroxylation sites is 1. The molecule has 1 aromatic carbocycles. The van der Waals surface area contributed by atoms with Crippen molar-refractivity contribution >= 4 is 11.7 Å². The number of fused-ring (bicyclic) bond motifs is 1. The van der Waals surface area contributed by atoms with E-state index in [0.717, 1.165) is 72.7 Å². The summed E-state index contributed by atoms with van der Waals surface area (Å²) < 4.78 is 6.90. The van der Waals surface area contributed by atoms with Crippen molar-refractivity contribution in [1.82, 2.24) is 25.3 Å². The smallest absolute Gasteiger partial charge is 0.267 e. The van der Waals surface area contributed by atoms with Crippen LogP contribution in [-0.2, 0) is 24.2 Å². The number of rotatable bonds is 7. The molecule has 1 aliphatic carbocycles. The molecule has 0 radical (unpaired) electrons. The Kier molecular flexibility index (Phi) is 6.74. The Hall–Kier alpha value is -3.75. The molecule has 3 heterocycles. The van der Waals surface area contributed by atoms with E-state index >= 15 is 0 Å². The average Bonchev–Trinajstić information content (AvgIpc) is 3.36. The summed E-state index contributed by atoms with van der Waals surface area (Å²) >= 11 is 0. The molecule has 182 valence electrons. The highest BCUT2D eigenvalue weighted by molar-refractivity contribution is 5.79. The number of aryl methyl sites for hydroxylation is 2. The number of nitrogens with zero attached hydrogens (tertiary/aromatic N) is 5. The fourth-order valence-corrected chi connectivity index (χ4v) is 4.92. The quantitative estimate of drug-likeness (QED) is 0.560. The summed E-state index contributed by atoms with van der Waals surface area (Å²) in [5, 5.41) is 16.3. The van der Waals surface area contributed by atoms with E-state index in [1.165, 1.54) is 4.68 Å². The molecule has 0 bridgehead atoms. The third kappa shape index (κ3) is 5.03. The SMILES string of the molecule is COc1ccccc1-c1ccc(N2CCCC(C(=O)NCCn3nc4c(cc3=O)CCC4)C2)nn1. The fourth-order valence-electron chi connectivity index (χ4n) is 4.92. The molecule has 5 rings (SSSR count). The molecule has 35 heavy (non-hydrogen) atoms. The molecule has 1 amide bonds. The van der Waals surface area contributed by atoms with Gasteiger partial charge in [0, 0.05) is 31.3 Å². The van der Waals surface area contributed by atoms with E-state index in [1.807, 2.05) is 36.4 Å². The molecule has 2 aromatic heterocycles. The number of nitrogens with one attached hydrogen (secondary N) is 1. The van der Waals surface area contributed by atoms with E-state index in [-0.39, 0.29) is 17.4 Å². The van der Waals surface area contributed by atoms with E-state index in [2.05, 4.69) is 25.5 Å². The molecule has 1 fully saturated rings. The summed E-state index contributed by atoms with van der Waals surface area (Å²) in [6, 6.07) is 13.3. The summed E-state index contributed by atoms with van der Waals surface area (Å²) in [7, 11) is 1.64. The van der Waals surface area contributed by atoms with Gasteiger partial charge in [-0.05, 0) is 61.9 Å². The van der Waals surface area contributed by atoms with Gasteiger partial charge in [0.05, 0.1) is 31.0 Å². The first-order valence-electron chi connectivity index (χ1n) is 12.2. The zero-order valence-corrected chi connectivity index (χ0v) is 19.9. The standard InChI is InChI=1S/C26H30N6O3/c1-35-23-10-3-2-8-20(23)22-11-12-24(29-28-22)31-14-5-7-19(17-31)26(34)27-13-15-32-25(33)16-18-6-4-9-21(18)30-32/h2-3,8,10-12,16,19H,4-7,9,13-15,17H2,1H3,(H,27,34). The summed E-state index contributed by atoms with van der Waals surface area (Å²) in [5.74, 6) is 1.38. The number of ether oxygens (including phenoxy) is 1. The number of benzene rings is 1. The second-order valence-corrected chi connectivity index (χ2v) is 9.08. The zero-order valence-electron chi connectivity index (χ0n) is 19.9. The lowest BCUT2D eigenvalue weighted by Crippen LogP contribution is -2.44. The first-order chi connectivity index (χ1) is 17.1. The monoisotopic (exact) mass is 474 g/mol. The van der Waals surface area contributed by atoms with Crippen LogP contribution in [0.25, 0.3) is 11.3 Å². The highest BCUT2D eigenvalue weighted by Gasteiger charge is 2.27. The molecule has 3 aromatic rings. The van der Waals surface area contributed by atoms with Crippen molar-refractivity contribution in [1.29, 1.82) is 0 Å². The number of amides is 1. The molecular weight excluding hydrogens is 444 g/mol. The number of carbonyl (C=O) groups is 1. The van der Waals surface area contributed by atoms with Gasteiger partial charge in [0.2, 0.25) is 5.91 Å². The highest BCUT2D eigenvalue weighted by Crippen LogP contribution is 2.29. The molecule has 1 atom stereocenters. The minimum atomic E-state index is -0.135. The van der Waals surface area contributed by atoms with Crippen LogP contribution >= 0.6 is 0 Å². The van der Waals surface area contributed by atoms with Crippen LogP contribution in [0.5, 0.6) is 5.75 Å². The highest BCUT2D eigenvalue weighted by atomic mass is 16.5. The Morgan fingerprint density at radius 1 is 1.14 bits per heavy atom. The minimum absolute atomic E-state index is 0.00232. The Morgan fingerprint density at radius 2 is 2.03 bits per heavy atom. The number of carbonyl (C=O) groups excluding carboxylic acids is 1. The normalized spacial score (nSPS) is 17.2. The van der Waals surface area contributed by atoms with Crippen LogP contribution in [0.4, 0.5) is 5.82 Å². The van der Waals surface area contributed by atoms with Gasteiger partial charge < -0.3 is 15.0 Å². The Labute approximate surface area is 204 Å². The van der Waals surface area contributed by atoms with Gasteiger partial charge in [-0.1, -0.05) is 12.1 Å². The molecule has 1 N–H and O–H groups in total. The van der Waals surface area contributed by atoms with Gasteiger partial charge >= 0.3 is 0 Å². The Bertz CT molecular complexity index is 1260. The third-order valence-corrected chi connectivity index (χ3v) is 6.80. The van der Waals surface area contributed by atoms with Crippen LogP contribution in [0.15, 0.2) is 47.3 Å². The van der Waals surface area contributed by atoms with Gasteiger partial charge in [0.25, 0.3) is 5.56 Å². The summed E-state index contributed by atoms with van der Waals surface area (Å²) in [4.78, 5) is 27.2. The van der Waals surface area contributed by atoms with E-state index in [4.69, 9.17) is 4.74 Å². The van der Waals surface area contributed by atoms with Crippen LogP contribution in [0.3, 0.4) is 0 Å². The van der Waals surface area contributed by atoms with Crippen LogP contribution in [0.2, 0.25) is 0 Å². The third-order valence-electron chi connectivity index (χ3n) is 6.80. The number of piperidine rings is 1. The number of hydrogen-bond donors (Lipinski definition) is 1. The van der Waals surface area contributed by atoms with Gasteiger partial charge in [-0.2, -0.15) is 5.10 Å². The van der Waals surface area contributed by atoms with Crippen molar-refractivity contribution in [2.24, 2.45) is 5.92 Å². The second-order valence-electron chi connectivity index (χ2n) is 9.08. The van der Waals surface area contributed by atoms with Gasteiger partial charge in [-0.15, -0.1) is 10.2 Å². The summed E-state index contributed by atoms with van der Waals surface area (Å²) in [6.07, 6.45) is 4.63. The van der Waals surface area contributed by atoms with E-state index in [9.17, 15) is 9.59 Å². The van der Waals surface area contributed by atoms with Gasteiger partial charge in [0.1, 0.15) is 5.75 Å². The second kappa shape index (κ2) is 10.2. The molecule has 0 spiro atoms. The predicted molar refractivity (Wildman–Crippen MR) is 132 cm³/mol. The first-order valence-corrected chi connectivity index (χ1v) is 12.2. The lowest BCUT2D eigenvalue weighted by molar-refractivity contribution is -0.125. The van der Waals surface area contributed by atoms with Crippen LogP contribution in [0.1, 0.15) is 30.5 Å². The van der Waals surface area contributed by atoms with Crippen molar-refractivity contribution < 1.29 is 9.53 Å². The lowest BCUT2D eigenvalue weighted by Gasteiger charge is -2.32. The van der Waals surface area contributed by atoms with Crippen molar-refractivity contribution in [3.8, 4) is 17.0 Å². The first kappa shape index (κ1) is 23.0. The van der Waals surface area contributed by atoms with Crippen LogP contribution < -0.4 is 20.5 Å². The fraction of sp³-hybridized carbons (Fsp3) is 0.423. The lowest BCUT2D eigenvalue weighted by atomic mass is 9.97. The van der Waals surface area contributed by atoms with Gasteiger partial charge in [0.15, 0.2) is 5.82 Å². The maximum atomic E-state index is 12.9. The molecule has 2 aliphatic rings. The molecule has 0 saturated carbocycles. The topological polar surface area (TPSA) is 102 Å². The maximum absolute atomic E-state index is 12.9. The Balaban J connectivity index is 1.17. The molecule has 9 heteroatoms. The molecule has 1 saturated heterocycles. The minimum Gasteiger partial charge on any atom is -0.496 e. The van der Waals surface area contributed by atoms with Gasteiger partial charge in [-0.25, -0.2) is 4.68 Å². The molecular formula is C26H30N6O3.